The van der Waals surface area contributed by atoms with Crippen LogP contribution in [0.2, 0.25) is 0 Å². The lowest BCUT2D eigenvalue weighted by molar-refractivity contribution is 0.610. The normalized spacial score (nSPS) is 10.3. The van der Waals surface area contributed by atoms with Crippen molar-refractivity contribution in [1.29, 1.82) is 0 Å². The maximum Gasteiger partial charge on any atom is 0.239 e. The third kappa shape index (κ3) is 2.76. The number of nitrogens with zero attached hydrogens (tertiary/aromatic N) is 3. The number of rotatable bonds is 4. The van der Waals surface area contributed by atoms with Gasteiger partial charge in [-0.15, -0.1) is 0 Å². The van der Waals surface area contributed by atoms with Gasteiger partial charge in [-0.3, -0.25) is 5.43 Å². The summed E-state index contributed by atoms with van der Waals surface area (Å²) in [7, 11) is 0. The molecule has 0 aliphatic carbocycles. The summed E-state index contributed by atoms with van der Waals surface area (Å²) in [4.78, 5) is 9.14. The molecule has 0 bridgehead atoms. The minimum Gasteiger partial charge on any atom is -0.324 e. The highest BCUT2D eigenvalue weighted by Gasteiger charge is 2.15. The number of anilines is 3. The first-order chi connectivity index (χ1) is 9.15. The Kier molecular flexibility index (Phi) is 3.86. The van der Waals surface area contributed by atoms with Gasteiger partial charge in [-0.1, -0.05) is 6.07 Å². The molecule has 100 valence electrons. The maximum atomic E-state index is 13.8. The third-order valence-electron chi connectivity index (χ3n) is 2.55. The molecule has 0 atom stereocenters. The van der Waals surface area contributed by atoms with E-state index in [0.29, 0.717) is 12.2 Å². The SMILES string of the molecule is CCN(c1cccc(F)c1)c1nc(NN)ncc1F. The van der Waals surface area contributed by atoms with E-state index in [1.54, 1.807) is 12.1 Å². The first-order valence-electron chi connectivity index (χ1n) is 5.68. The van der Waals surface area contributed by atoms with Crippen molar-refractivity contribution in [3.63, 3.8) is 0 Å². The van der Waals surface area contributed by atoms with E-state index >= 15 is 0 Å². The van der Waals surface area contributed by atoms with Gasteiger partial charge in [0.1, 0.15) is 5.82 Å². The van der Waals surface area contributed by atoms with Crippen molar-refractivity contribution in [3.8, 4) is 0 Å². The predicted octanol–water partition coefficient (Wildman–Crippen LogP) is 2.20. The molecule has 0 radical (unpaired) electrons. The fourth-order valence-electron chi connectivity index (χ4n) is 1.72. The molecule has 0 amide bonds. The zero-order valence-corrected chi connectivity index (χ0v) is 10.3. The van der Waals surface area contributed by atoms with Gasteiger partial charge in [-0.2, -0.15) is 4.98 Å². The Balaban J connectivity index is 2.47. The Morgan fingerprint density at radius 2 is 2.16 bits per heavy atom. The highest BCUT2D eigenvalue weighted by atomic mass is 19.1. The number of nitrogen functional groups attached to an aromatic ring is 1. The standard InChI is InChI=1S/C12H13F2N5/c1-2-19(9-5-3-4-8(13)6-9)11-10(14)7-16-12(17-11)18-15/h3-7H,2,15H2,1H3,(H,16,17,18). The van der Waals surface area contributed by atoms with Gasteiger partial charge in [0.05, 0.1) is 6.20 Å². The second-order valence-electron chi connectivity index (χ2n) is 3.73. The van der Waals surface area contributed by atoms with Crippen molar-refractivity contribution in [2.45, 2.75) is 6.92 Å². The average Bonchev–Trinajstić information content (AvgIpc) is 2.42. The van der Waals surface area contributed by atoms with Gasteiger partial charge in [0.2, 0.25) is 5.95 Å². The molecule has 0 spiro atoms. The second-order valence-corrected chi connectivity index (χ2v) is 3.73. The summed E-state index contributed by atoms with van der Waals surface area (Å²) >= 11 is 0. The quantitative estimate of drug-likeness (QED) is 0.655. The van der Waals surface area contributed by atoms with Gasteiger partial charge in [-0.25, -0.2) is 19.6 Å². The molecule has 0 saturated carbocycles. The third-order valence-corrected chi connectivity index (χ3v) is 2.55. The number of hydrazine groups is 1. The van der Waals surface area contributed by atoms with Crippen LogP contribution in [0.15, 0.2) is 30.5 Å². The van der Waals surface area contributed by atoms with Crippen LogP contribution in [0.25, 0.3) is 0 Å². The lowest BCUT2D eigenvalue weighted by Gasteiger charge is -2.22. The predicted molar refractivity (Wildman–Crippen MR) is 68.9 cm³/mol. The van der Waals surface area contributed by atoms with Crippen LogP contribution in [0.5, 0.6) is 0 Å². The maximum absolute atomic E-state index is 13.8. The van der Waals surface area contributed by atoms with Crippen molar-refractivity contribution < 1.29 is 8.78 Å². The van der Waals surface area contributed by atoms with Crippen LogP contribution >= 0.6 is 0 Å². The largest absolute Gasteiger partial charge is 0.324 e. The van der Waals surface area contributed by atoms with Gasteiger partial charge >= 0.3 is 0 Å². The number of hydrogen-bond acceptors (Lipinski definition) is 5. The van der Waals surface area contributed by atoms with E-state index < -0.39 is 11.6 Å². The molecule has 3 N–H and O–H groups in total. The Labute approximate surface area is 109 Å². The van der Waals surface area contributed by atoms with Crippen LogP contribution in [0.3, 0.4) is 0 Å². The Bertz CT molecular complexity index is 576. The molecule has 5 nitrogen and oxygen atoms in total. The van der Waals surface area contributed by atoms with E-state index in [1.807, 2.05) is 6.92 Å². The molecule has 0 saturated heterocycles. The van der Waals surface area contributed by atoms with Gasteiger partial charge < -0.3 is 4.90 Å². The molecule has 19 heavy (non-hydrogen) atoms. The Morgan fingerprint density at radius 3 is 2.79 bits per heavy atom. The molecular weight excluding hydrogens is 252 g/mol. The highest BCUT2D eigenvalue weighted by molar-refractivity contribution is 5.61. The summed E-state index contributed by atoms with van der Waals surface area (Å²) < 4.78 is 27.0. The van der Waals surface area contributed by atoms with Crippen LogP contribution in [0, 0.1) is 11.6 Å². The minimum absolute atomic E-state index is 0.0380. The molecular formula is C12H13F2N5. The Morgan fingerprint density at radius 1 is 1.37 bits per heavy atom. The molecule has 0 aliphatic rings. The van der Waals surface area contributed by atoms with Crippen molar-refractivity contribution in [2.24, 2.45) is 5.84 Å². The molecule has 2 rings (SSSR count). The first kappa shape index (κ1) is 13.2. The van der Waals surface area contributed by atoms with Crippen molar-refractivity contribution in [1.82, 2.24) is 9.97 Å². The molecule has 0 aliphatic heterocycles. The summed E-state index contributed by atoms with van der Waals surface area (Å²) in [6.07, 6.45) is 1.01. The van der Waals surface area contributed by atoms with Crippen LogP contribution < -0.4 is 16.2 Å². The lowest BCUT2D eigenvalue weighted by Crippen LogP contribution is -2.21. The van der Waals surface area contributed by atoms with Gasteiger partial charge in [0.25, 0.3) is 0 Å². The van der Waals surface area contributed by atoms with E-state index in [9.17, 15) is 8.78 Å². The van der Waals surface area contributed by atoms with Crippen molar-refractivity contribution in [3.05, 3.63) is 42.1 Å². The van der Waals surface area contributed by atoms with Crippen LogP contribution in [0.1, 0.15) is 6.92 Å². The average molecular weight is 265 g/mol. The summed E-state index contributed by atoms with van der Waals surface area (Å²) in [6, 6.07) is 5.85. The molecule has 0 unspecified atom stereocenters. The van der Waals surface area contributed by atoms with Crippen molar-refractivity contribution >= 4 is 17.5 Å². The smallest absolute Gasteiger partial charge is 0.239 e. The van der Waals surface area contributed by atoms with Gasteiger partial charge in [0, 0.05) is 12.2 Å². The minimum atomic E-state index is -0.606. The second kappa shape index (κ2) is 5.57. The topological polar surface area (TPSA) is 67.1 Å². The number of aromatic nitrogens is 2. The Hall–Kier alpha value is -2.28. The molecule has 0 fully saturated rings. The number of halogens is 2. The zero-order chi connectivity index (χ0) is 13.8. The molecule has 1 aromatic heterocycles. The number of nitrogens with two attached hydrogens (primary N) is 1. The number of benzene rings is 1. The van der Waals surface area contributed by atoms with E-state index in [2.05, 4.69) is 15.4 Å². The van der Waals surface area contributed by atoms with Gasteiger partial charge in [-0.05, 0) is 25.1 Å². The van der Waals surface area contributed by atoms with Crippen LogP contribution in [-0.4, -0.2) is 16.5 Å². The van der Waals surface area contributed by atoms with Crippen molar-refractivity contribution in [2.75, 3.05) is 16.9 Å². The molecule has 1 heterocycles. The lowest BCUT2D eigenvalue weighted by atomic mass is 10.2. The molecule has 1 aromatic carbocycles. The summed E-state index contributed by atoms with van der Waals surface area (Å²) in [5, 5.41) is 0. The number of hydrogen-bond donors (Lipinski definition) is 2. The highest BCUT2D eigenvalue weighted by Crippen LogP contribution is 2.26. The fourth-order valence-corrected chi connectivity index (χ4v) is 1.72. The summed E-state index contributed by atoms with van der Waals surface area (Å²) in [5.41, 5.74) is 2.75. The van der Waals surface area contributed by atoms with E-state index in [0.717, 1.165) is 6.20 Å². The number of nitrogens with one attached hydrogen (secondary N) is 1. The summed E-state index contributed by atoms with van der Waals surface area (Å²) in [5.74, 6) is 4.32. The van der Waals surface area contributed by atoms with E-state index in [1.165, 1.54) is 17.0 Å². The van der Waals surface area contributed by atoms with Crippen LogP contribution in [-0.2, 0) is 0 Å². The summed E-state index contributed by atoms with van der Waals surface area (Å²) in [6.45, 7) is 2.23. The van der Waals surface area contributed by atoms with E-state index in [4.69, 9.17) is 5.84 Å². The first-order valence-corrected chi connectivity index (χ1v) is 5.68. The van der Waals surface area contributed by atoms with E-state index in [-0.39, 0.29) is 11.8 Å². The molecule has 7 heteroatoms. The fraction of sp³-hybridized carbons (Fsp3) is 0.167. The van der Waals surface area contributed by atoms with Crippen LogP contribution in [0.4, 0.5) is 26.2 Å². The molecule has 2 aromatic rings. The monoisotopic (exact) mass is 265 g/mol. The zero-order valence-electron chi connectivity index (χ0n) is 10.3. The van der Waals surface area contributed by atoms with Gasteiger partial charge in [0.15, 0.2) is 11.6 Å².